The zero-order valence-corrected chi connectivity index (χ0v) is 13.3. The molecule has 0 saturated heterocycles. The van der Waals surface area contributed by atoms with Crippen LogP contribution >= 0.6 is 22.9 Å². The average molecular weight is 325 g/mol. The van der Waals surface area contributed by atoms with Gasteiger partial charge in [0.15, 0.2) is 0 Å². The van der Waals surface area contributed by atoms with Crippen LogP contribution in [0.1, 0.15) is 24.0 Å². The summed E-state index contributed by atoms with van der Waals surface area (Å²) in [5, 5.41) is 5.81. The molecule has 2 aromatic rings. The second-order valence-corrected chi connectivity index (χ2v) is 5.71. The molecule has 1 N–H and O–H groups in total. The molecule has 0 aliphatic rings. The van der Waals surface area contributed by atoms with E-state index in [0.29, 0.717) is 23.9 Å². The molecule has 2 rings (SSSR count). The molecule has 0 saturated carbocycles. The molecule has 4 nitrogen and oxygen atoms in total. The van der Waals surface area contributed by atoms with Crippen LogP contribution in [0.5, 0.6) is 5.75 Å². The van der Waals surface area contributed by atoms with Gasteiger partial charge in [-0.2, -0.15) is 0 Å². The summed E-state index contributed by atoms with van der Waals surface area (Å²) in [5.74, 6) is 1.03. The standard InChI is InChI=1S/C15H17ClN2O2S/c1-11(19)17-13-5-2-3-6-14(13)20-8-4-7-15-18-12(9-16)10-21-15/h2-3,5-6,10H,4,7-9H2,1H3,(H,17,19). The summed E-state index contributed by atoms with van der Waals surface area (Å²) >= 11 is 7.35. The number of nitrogens with one attached hydrogen (secondary N) is 1. The molecule has 0 spiro atoms. The smallest absolute Gasteiger partial charge is 0.221 e. The summed E-state index contributed by atoms with van der Waals surface area (Å²) in [5.41, 5.74) is 1.62. The lowest BCUT2D eigenvalue weighted by Gasteiger charge is -2.11. The van der Waals surface area contributed by atoms with E-state index < -0.39 is 0 Å². The number of thiazole rings is 1. The predicted octanol–water partition coefficient (Wildman–Crippen LogP) is 3.85. The van der Waals surface area contributed by atoms with Gasteiger partial charge in [0.25, 0.3) is 0 Å². The number of ether oxygens (including phenoxy) is 1. The molecular weight excluding hydrogens is 308 g/mol. The lowest BCUT2D eigenvalue weighted by Crippen LogP contribution is -2.08. The summed E-state index contributed by atoms with van der Waals surface area (Å²) in [6.45, 7) is 2.06. The van der Waals surface area contributed by atoms with Crippen molar-refractivity contribution >= 4 is 34.5 Å². The number of carbonyl (C=O) groups is 1. The van der Waals surface area contributed by atoms with E-state index in [9.17, 15) is 4.79 Å². The molecule has 0 bridgehead atoms. The molecule has 0 radical (unpaired) electrons. The van der Waals surface area contributed by atoms with Gasteiger partial charge in [0.05, 0.1) is 28.9 Å². The predicted molar refractivity (Wildman–Crippen MR) is 86.2 cm³/mol. The fraction of sp³-hybridized carbons (Fsp3) is 0.333. The number of para-hydroxylation sites is 2. The van der Waals surface area contributed by atoms with Crippen molar-refractivity contribution in [3.05, 3.63) is 40.3 Å². The number of aryl methyl sites for hydroxylation is 1. The fourth-order valence-corrected chi connectivity index (χ4v) is 2.88. The summed E-state index contributed by atoms with van der Waals surface area (Å²) < 4.78 is 5.73. The van der Waals surface area contributed by atoms with Crippen molar-refractivity contribution in [2.75, 3.05) is 11.9 Å². The highest BCUT2D eigenvalue weighted by Gasteiger charge is 2.05. The Morgan fingerprint density at radius 3 is 2.95 bits per heavy atom. The van der Waals surface area contributed by atoms with Crippen molar-refractivity contribution in [1.29, 1.82) is 0 Å². The van der Waals surface area contributed by atoms with Gasteiger partial charge in [-0.25, -0.2) is 4.98 Å². The lowest BCUT2D eigenvalue weighted by molar-refractivity contribution is -0.114. The number of amides is 1. The maximum atomic E-state index is 11.1. The largest absolute Gasteiger partial charge is 0.491 e. The highest BCUT2D eigenvalue weighted by molar-refractivity contribution is 7.09. The molecular formula is C15H17ClN2O2S. The van der Waals surface area contributed by atoms with Gasteiger partial charge in [-0.15, -0.1) is 22.9 Å². The van der Waals surface area contributed by atoms with Crippen LogP contribution in [0.3, 0.4) is 0 Å². The van der Waals surface area contributed by atoms with Crippen LogP contribution in [-0.4, -0.2) is 17.5 Å². The zero-order valence-electron chi connectivity index (χ0n) is 11.8. The van der Waals surface area contributed by atoms with Gasteiger partial charge in [0.2, 0.25) is 5.91 Å². The average Bonchev–Trinajstić information content (AvgIpc) is 2.92. The number of hydrogen-bond donors (Lipinski definition) is 1. The van der Waals surface area contributed by atoms with Gasteiger partial charge in [-0.3, -0.25) is 4.79 Å². The highest BCUT2D eigenvalue weighted by Crippen LogP contribution is 2.24. The molecule has 0 unspecified atom stereocenters. The molecule has 0 aliphatic heterocycles. The van der Waals surface area contributed by atoms with E-state index in [2.05, 4.69) is 10.3 Å². The lowest BCUT2D eigenvalue weighted by atomic mass is 10.3. The van der Waals surface area contributed by atoms with Crippen molar-refractivity contribution in [3.63, 3.8) is 0 Å². The fourth-order valence-electron chi connectivity index (χ4n) is 1.82. The Morgan fingerprint density at radius 2 is 2.24 bits per heavy atom. The Labute approximate surface area is 133 Å². The molecule has 1 amide bonds. The van der Waals surface area contributed by atoms with Crippen LogP contribution in [0.25, 0.3) is 0 Å². The van der Waals surface area contributed by atoms with Crippen molar-refractivity contribution in [3.8, 4) is 5.75 Å². The van der Waals surface area contributed by atoms with Gasteiger partial charge >= 0.3 is 0 Å². The number of rotatable bonds is 7. The second kappa shape index (κ2) is 8.00. The number of hydrogen-bond acceptors (Lipinski definition) is 4. The van der Waals surface area contributed by atoms with E-state index in [1.54, 1.807) is 11.3 Å². The Balaban J connectivity index is 1.81. The van der Waals surface area contributed by atoms with E-state index in [-0.39, 0.29) is 5.91 Å². The minimum atomic E-state index is -0.109. The molecule has 0 fully saturated rings. The van der Waals surface area contributed by atoms with Crippen LogP contribution in [0.2, 0.25) is 0 Å². The number of halogens is 1. The number of alkyl halides is 1. The van der Waals surface area contributed by atoms with Gasteiger partial charge < -0.3 is 10.1 Å². The van der Waals surface area contributed by atoms with E-state index >= 15 is 0 Å². The summed E-state index contributed by atoms with van der Waals surface area (Å²) in [4.78, 5) is 15.5. The Morgan fingerprint density at radius 1 is 1.43 bits per heavy atom. The van der Waals surface area contributed by atoms with Gasteiger partial charge in [0, 0.05) is 18.7 Å². The third-order valence-electron chi connectivity index (χ3n) is 2.73. The molecule has 1 aromatic heterocycles. The Hall–Kier alpha value is -1.59. The van der Waals surface area contributed by atoms with Crippen molar-refractivity contribution < 1.29 is 9.53 Å². The highest BCUT2D eigenvalue weighted by atomic mass is 35.5. The van der Waals surface area contributed by atoms with Gasteiger partial charge in [-0.05, 0) is 18.6 Å². The topological polar surface area (TPSA) is 51.2 Å². The molecule has 0 atom stereocenters. The van der Waals surface area contributed by atoms with Crippen LogP contribution in [0, 0.1) is 0 Å². The minimum absolute atomic E-state index is 0.109. The summed E-state index contributed by atoms with van der Waals surface area (Å²) in [6, 6.07) is 7.42. The second-order valence-electron chi connectivity index (χ2n) is 4.50. The quantitative estimate of drug-likeness (QED) is 0.621. The summed E-state index contributed by atoms with van der Waals surface area (Å²) in [6.07, 6.45) is 1.73. The molecule has 1 heterocycles. The number of anilines is 1. The normalized spacial score (nSPS) is 10.4. The monoisotopic (exact) mass is 324 g/mol. The third-order valence-corrected chi connectivity index (χ3v) is 3.96. The van der Waals surface area contributed by atoms with Crippen molar-refractivity contribution in [2.24, 2.45) is 0 Å². The number of benzene rings is 1. The molecule has 1 aromatic carbocycles. The number of aromatic nitrogens is 1. The van der Waals surface area contributed by atoms with Gasteiger partial charge in [0.1, 0.15) is 5.75 Å². The molecule has 21 heavy (non-hydrogen) atoms. The van der Waals surface area contributed by atoms with Crippen LogP contribution in [0.15, 0.2) is 29.6 Å². The molecule has 6 heteroatoms. The first-order valence-electron chi connectivity index (χ1n) is 6.67. The summed E-state index contributed by atoms with van der Waals surface area (Å²) in [7, 11) is 0. The Bertz CT molecular complexity index is 601. The first-order chi connectivity index (χ1) is 10.2. The maximum absolute atomic E-state index is 11.1. The molecule has 0 aliphatic carbocycles. The van der Waals surface area contributed by atoms with Gasteiger partial charge in [-0.1, -0.05) is 12.1 Å². The van der Waals surface area contributed by atoms with E-state index in [1.165, 1.54) is 6.92 Å². The van der Waals surface area contributed by atoms with Crippen LogP contribution < -0.4 is 10.1 Å². The molecule has 112 valence electrons. The number of nitrogens with zero attached hydrogens (tertiary/aromatic N) is 1. The Kier molecular flexibility index (Phi) is 6.02. The maximum Gasteiger partial charge on any atom is 0.221 e. The zero-order chi connectivity index (χ0) is 15.1. The van der Waals surface area contributed by atoms with E-state index in [4.69, 9.17) is 16.3 Å². The number of carbonyl (C=O) groups excluding carboxylic acids is 1. The SMILES string of the molecule is CC(=O)Nc1ccccc1OCCCc1nc(CCl)cs1. The first-order valence-corrected chi connectivity index (χ1v) is 8.09. The first kappa shape index (κ1) is 15.8. The minimum Gasteiger partial charge on any atom is -0.491 e. The van der Waals surface area contributed by atoms with Crippen molar-refractivity contribution in [2.45, 2.75) is 25.6 Å². The van der Waals surface area contributed by atoms with Crippen LogP contribution in [-0.2, 0) is 17.1 Å². The third kappa shape index (κ3) is 5.02. The van der Waals surface area contributed by atoms with Crippen molar-refractivity contribution in [1.82, 2.24) is 4.98 Å². The van der Waals surface area contributed by atoms with Crippen LogP contribution in [0.4, 0.5) is 5.69 Å². The van der Waals surface area contributed by atoms with E-state index in [0.717, 1.165) is 23.5 Å². The van der Waals surface area contributed by atoms with E-state index in [1.807, 2.05) is 29.6 Å².